The Bertz CT molecular complexity index is 666. The van der Waals surface area contributed by atoms with Crippen molar-refractivity contribution in [2.24, 2.45) is 0 Å². The number of esters is 1. The predicted octanol–water partition coefficient (Wildman–Crippen LogP) is 4.98. The summed E-state index contributed by atoms with van der Waals surface area (Å²) in [6.07, 6.45) is 0. The standard InChI is InChI=1S/C16H18ClNO2S/c1-9-7-13(11(3)21-9)10(2)18-12-5-6-15(17)14(8-12)16(19)20-4/h5-8,10,18H,1-4H3. The fourth-order valence-corrected chi connectivity index (χ4v) is 3.51. The summed E-state index contributed by atoms with van der Waals surface area (Å²) < 4.78 is 4.73. The Kier molecular flexibility index (Phi) is 4.91. The highest BCUT2D eigenvalue weighted by Crippen LogP contribution is 2.29. The maximum absolute atomic E-state index is 11.7. The predicted molar refractivity (Wildman–Crippen MR) is 88.6 cm³/mol. The fraction of sp³-hybridized carbons (Fsp3) is 0.312. The minimum atomic E-state index is -0.432. The van der Waals surface area contributed by atoms with E-state index in [1.807, 2.05) is 6.07 Å². The third-order valence-electron chi connectivity index (χ3n) is 3.30. The number of nitrogens with one attached hydrogen (secondary N) is 1. The zero-order valence-electron chi connectivity index (χ0n) is 12.5. The molecule has 0 saturated carbocycles. The van der Waals surface area contributed by atoms with Crippen LogP contribution >= 0.6 is 22.9 Å². The van der Waals surface area contributed by atoms with E-state index >= 15 is 0 Å². The molecule has 0 saturated heterocycles. The first kappa shape index (κ1) is 15.9. The summed E-state index contributed by atoms with van der Waals surface area (Å²) in [6, 6.07) is 7.63. The molecule has 2 aromatic rings. The highest BCUT2D eigenvalue weighted by Gasteiger charge is 2.14. The van der Waals surface area contributed by atoms with Gasteiger partial charge in [-0.15, -0.1) is 11.3 Å². The first-order valence-electron chi connectivity index (χ1n) is 6.63. The average molecular weight is 324 g/mol. The van der Waals surface area contributed by atoms with Crippen molar-refractivity contribution >= 4 is 34.6 Å². The Labute approximate surface area is 133 Å². The van der Waals surface area contributed by atoms with Gasteiger partial charge in [0.2, 0.25) is 0 Å². The fourth-order valence-electron chi connectivity index (χ4n) is 2.29. The summed E-state index contributed by atoms with van der Waals surface area (Å²) in [4.78, 5) is 14.3. The molecule has 0 spiro atoms. The first-order chi connectivity index (χ1) is 9.92. The van der Waals surface area contributed by atoms with Crippen molar-refractivity contribution in [3.8, 4) is 0 Å². The molecule has 3 nitrogen and oxygen atoms in total. The normalized spacial score (nSPS) is 12.0. The third kappa shape index (κ3) is 3.57. The van der Waals surface area contributed by atoms with Gasteiger partial charge in [0.1, 0.15) is 0 Å². The zero-order valence-corrected chi connectivity index (χ0v) is 14.1. The van der Waals surface area contributed by atoms with Crippen LogP contribution in [0.2, 0.25) is 5.02 Å². The number of hydrogen-bond donors (Lipinski definition) is 1. The van der Waals surface area contributed by atoms with Gasteiger partial charge < -0.3 is 10.1 Å². The van der Waals surface area contributed by atoms with Gasteiger partial charge in [0.05, 0.1) is 17.7 Å². The van der Waals surface area contributed by atoms with Gasteiger partial charge in [-0.2, -0.15) is 0 Å². The topological polar surface area (TPSA) is 38.3 Å². The molecule has 0 aliphatic heterocycles. The molecule has 1 N–H and O–H groups in total. The average Bonchev–Trinajstić information content (AvgIpc) is 2.79. The van der Waals surface area contributed by atoms with Crippen LogP contribution < -0.4 is 5.32 Å². The summed E-state index contributed by atoms with van der Waals surface area (Å²) in [6.45, 7) is 6.32. The van der Waals surface area contributed by atoms with E-state index in [0.29, 0.717) is 10.6 Å². The number of thiophene rings is 1. The highest BCUT2D eigenvalue weighted by atomic mass is 35.5. The van der Waals surface area contributed by atoms with Crippen LogP contribution in [0.1, 0.15) is 38.6 Å². The number of carbonyl (C=O) groups excluding carboxylic acids is 1. The van der Waals surface area contributed by atoms with Crippen molar-refractivity contribution in [2.45, 2.75) is 26.8 Å². The second-order valence-electron chi connectivity index (χ2n) is 4.92. The van der Waals surface area contributed by atoms with Gasteiger partial charge in [-0.3, -0.25) is 0 Å². The van der Waals surface area contributed by atoms with Crippen LogP contribution in [0, 0.1) is 13.8 Å². The van der Waals surface area contributed by atoms with E-state index in [0.717, 1.165) is 5.69 Å². The molecule has 1 aromatic carbocycles. The number of ether oxygens (including phenoxy) is 1. The Morgan fingerprint density at radius 1 is 1.33 bits per heavy atom. The molecule has 21 heavy (non-hydrogen) atoms. The van der Waals surface area contributed by atoms with Crippen molar-refractivity contribution < 1.29 is 9.53 Å². The number of methoxy groups -OCH3 is 1. The van der Waals surface area contributed by atoms with Crippen LogP contribution in [0.25, 0.3) is 0 Å². The van der Waals surface area contributed by atoms with Crippen LogP contribution in [-0.4, -0.2) is 13.1 Å². The quantitative estimate of drug-likeness (QED) is 0.806. The van der Waals surface area contributed by atoms with Crippen LogP contribution in [0.4, 0.5) is 5.69 Å². The van der Waals surface area contributed by atoms with E-state index in [9.17, 15) is 4.79 Å². The SMILES string of the molecule is COC(=O)c1cc(NC(C)c2cc(C)sc2C)ccc1Cl. The number of aryl methyl sites for hydroxylation is 2. The summed E-state index contributed by atoms with van der Waals surface area (Å²) >= 11 is 7.81. The summed E-state index contributed by atoms with van der Waals surface area (Å²) in [7, 11) is 1.35. The first-order valence-corrected chi connectivity index (χ1v) is 7.83. The molecule has 0 radical (unpaired) electrons. The van der Waals surface area contributed by atoms with Crippen molar-refractivity contribution in [3.05, 3.63) is 50.2 Å². The van der Waals surface area contributed by atoms with Gasteiger partial charge in [0, 0.05) is 21.5 Å². The van der Waals surface area contributed by atoms with Gasteiger partial charge in [-0.05, 0) is 50.6 Å². The molecule has 1 unspecified atom stereocenters. The van der Waals surface area contributed by atoms with E-state index in [4.69, 9.17) is 16.3 Å². The Hall–Kier alpha value is -1.52. The number of hydrogen-bond acceptors (Lipinski definition) is 4. The third-order valence-corrected chi connectivity index (χ3v) is 4.61. The Morgan fingerprint density at radius 2 is 2.05 bits per heavy atom. The van der Waals surface area contributed by atoms with E-state index in [-0.39, 0.29) is 6.04 Å². The van der Waals surface area contributed by atoms with Crippen molar-refractivity contribution in [1.82, 2.24) is 0 Å². The van der Waals surface area contributed by atoms with Gasteiger partial charge in [0.25, 0.3) is 0 Å². The molecule has 112 valence electrons. The molecule has 1 heterocycles. The van der Waals surface area contributed by atoms with Gasteiger partial charge in [-0.1, -0.05) is 11.6 Å². The molecule has 0 bridgehead atoms. The van der Waals surface area contributed by atoms with Crippen LogP contribution in [0.3, 0.4) is 0 Å². The zero-order chi connectivity index (χ0) is 15.6. The van der Waals surface area contributed by atoms with Crippen molar-refractivity contribution in [3.63, 3.8) is 0 Å². The summed E-state index contributed by atoms with van der Waals surface area (Å²) in [5, 5.41) is 3.79. The van der Waals surface area contributed by atoms with E-state index in [1.54, 1.807) is 23.5 Å². The van der Waals surface area contributed by atoms with Gasteiger partial charge in [-0.25, -0.2) is 4.79 Å². The summed E-state index contributed by atoms with van der Waals surface area (Å²) in [5.74, 6) is -0.432. The second-order valence-corrected chi connectivity index (χ2v) is 6.79. The van der Waals surface area contributed by atoms with Crippen LogP contribution in [0.5, 0.6) is 0 Å². The smallest absolute Gasteiger partial charge is 0.339 e. The molecule has 0 fully saturated rings. The monoisotopic (exact) mass is 323 g/mol. The van der Waals surface area contributed by atoms with Crippen LogP contribution in [0.15, 0.2) is 24.3 Å². The lowest BCUT2D eigenvalue weighted by molar-refractivity contribution is 0.0601. The number of carbonyl (C=O) groups is 1. The number of benzene rings is 1. The molecule has 5 heteroatoms. The van der Waals surface area contributed by atoms with Gasteiger partial charge >= 0.3 is 5.97 Å². The van der Waals surface area contributed by atoms with Gasteiger partial charge in [0.15, 0.2) is 0 Å². The number of rotatable bonds is 4. The highest BCUT2D eigenvalue weighted by molar-refractivity contribution is 7.12. The van der Waals surface area contributed by atoms with E-state index in [2.05, 4.69) is 32.2 Å². The Morgan fingerprint density at radius 3 is 2.62 bits per heavy atom. The molecule has 0 aliphatic rings. The lowest BCUT2D eigenvalue weighted by atomic mass is 10.1. The number of halogens is 1. The molecule has 0 aliphatic carbocycles. The van der Waals surface area contributed by atoms with Crippen molar-refractivity contribution in [2.75, 3.05) is 12.4 Å². The lowest BCUT2D eigenvalue weighted by Crippen LogP contribution is -2.08. The molecule has 0 amide bonds. The minimum Gasteiger partial charge on any atom is -0.465 e. The maximum atomic E-state index is 11.7. The molecule has 2 rings (SSSR count). The minimum absolute atomic E-state index is 0.154. The molecule has 1 aromatic heterocycles. The second kappa shape index (κ2) is 6.50. The Balaban J connectivity index is 2.23. The van der Waals surface area contributed by atoms with E-state index in [1.165, 1.54) is 22.4 Å². The molecule has 1 atom stereocenters. The largest absolute Gasteiger partial charge is 0.465 e. The lowest BCUT2D eigenvalue weighted by Gasteiger charge is -2.16. The number of anilines is 1. The van der Waals surface area contributed by atoms with Crippen molar-refractivity contribution in [1.29, 1.82) is 0 Å². The molecular weight excluding hydrogens is 306 g/mol. The summed E-state index contributed by atoms with van der Waals surface area (Å²) in [5.41, 5.74) is 2.48. The van der Waals surface area contributed by atoms with Crippen LogP contribution in [-0.2, 0) is 4.74 Å². The van der Waals surface area contributed by atoms with E-state index < -0.39 is 5.97 Å². The maximum Gasteiger partial charge on any atom is 0.339 e. The molecular formula is C16H18ClNO2S.